The van der Waals surface area contributed by atoms with Crippen LogP contribution in [0.15, 0.2) is 36.4 Å². The van der Waals surface area contributed by atoms with Crippen molar-refractivity contribution in [3.05, 3.63) is 46.5 Å². The zero-order chi connectivity index (χ0) is 14.8. The van der Waals surface area contributed by atoms with Crippen molar-refractivity contribution in [2.45, 2.75) is 0 Å². The van der Waals surface area contributed by atoms with Crippen LogP contribution in [-0.2, 0) is 0 Å². The molecule has 0 atom stereocenters. The summed E-state index contributed by atoms with van der Waals surface area (Å²) in [6, 6.07) is 9.96. The molecule has 1 heterocycles. The average Bonchev–Trinajstić information content (AvgIpc) is 2.47. The molecule has 0 radical (unpaired) electrons. The number of nitrogen functional groups attached to an aromatic ring is 1. The number of nitrogens with two attached hydrogens (primary N) is 1. The Labute approximate surface area is 120 Å². The monoisotopic (exact) mass is 287 g/mol. The van der Waals surface area contributed by atoms with Crippen molar-refractivity contribution >= 4 is 22.7 Å². The summed E-state index contributed by atoms with van der Waals surface area (Å²) in [5, 5.41) is 13.8. The van der Waals surface area contributed by atoms with Crippen molar-refractivity contribution < 1.29 is 14.4 Å². The molecule has 0 spiro atoms. The van der Waals surface area contributed by atoms with E-state index in [1.807, 2.05) is 18.2 Å². The lowest BCUT2D eigenvalue weighted by Gasteiger charge is -2.19. The molecule has 0 saturated heterocycles. The number of hydrogen-bond acceptors (Lipinski definition) is 6. The van der Waals surface area contributed by atoms with Crippen LogP contribution >= 0.6 is 0 Å². The predicted molar refractivity (Wildman–Crippen MR) is 78.2 cm³/mol. The van der Waals surface area contributed by atoms with E-state index < -0.39 is 4.92 Å². The fourth-order valence-corrected chi connectivity index (χ4v) is 2.09. The van der Waals surface area contributed by atoms with Gasteiger partial charge in [-0.2, -0.15) is 0 Å². The summed E-state index contributed by atoms with van der Waals surface area (Å²) in [7, 11) is 0. The van der Waals surface area contributed by atoms with E-state index in [4.69, 9.17) is 15.2 Å². The smallest absolute Gasteiger partial charge is 0.292 e. The minimum Gasteiger partial charge on any atom is -0.486 e. The molecular formula is C14H13N3O4. The summed E-state index contributed by atoms with van der Waals surface area (Å²) in [5.74, 6) is 1.37. The van der Waals surface area contributed by atoms with Gasteiger partial charge in [0.15, 0.2) is 11.5 Å². The van der Waals surface area contributed by atoms with Crippen molar-refractivity contribution in [1.82, 2.24) is 0 Å². The Morgan fingerprint density at radius 2 is 1.71 bits per heavy atom. The number of nitro benzene ring substituents is 1. The van der Waals surface area contributed by atoms with Gasteiger partial charge in [-0.15, -0.1) is 0 Å². The molecule has 0 fully saturated rings. The topological polar surface area (TPSA) is 99.7 Å². The van der Waals surface area contributed by atoms with Gasteiger partial charge >= 0.3 is 0 Å². The summed E-state index contributed by atoms with van der Waals surface area (Å²) in [4.78, 5) is 10.2. The summed E-state index contributed by atoms with van der Waals surface area (Å²) < 4.78 is 10.9. The highest BCUT2D eigenvalue weighted by atomic mass is 16.6. The lowest BCUT2D eigenvalue weighted by Crippen LogP contribution is -2.15. The molecule has 0 saturated carbocycles. The number of anilines is 3. The Morgan fingerprint density at radius 1 is 1.05 bits per heavy atom. The molecule has 0 unspecified atom stereocenters. The summed E-state index contributed by atoms with van der Waals surface area (Å²) in [6.45, 7) is 1.06. The van der Waals surface area contributed by atoms with Crippen LogP contribution in [0, 0.1) is 10.1 Å². The van der Waals surface area contributed by atoms with Crippen LogP contribution in [0.4, 0.5) is 22.7 Å². The summed E-state index contributed by atoms with van der Waals surface area (Å²) >= 11 is 0. The average molecular weight is 287 g/mol. The maximum Gasteiger partial charge on any atom is 0.292 e. The van der Waals surface area contributed by atoms with Crippen LogP contribution in [0.25, 0.3) is 0 Å². The molecule has 108 valence electrons. The Bertz CT molecular complexity index is 703. The molecule has 21 heavy (non-hydrogen) atoms. The van der Waals surface area contributed by atoms with E-state index in [0.29, 0.717) is 30.4 Å². The molecule has 7 nitrogen and oxygen atoms in total. The second kappa shape index (κ2) is 5.20. The fourth-order valence-electron chi connectivity index (χ4n) is 2.09. The molecule has 2 aromatic rings. The number of benzene rings is 2. The number of nitro groups is 1. The van der Waals surface area contributed by atoms with Crippen LogP contribution in [0.3, 0.4) is 0 Å². The fraction of sp³-hybridized carbons (Fsp3) is 0.143. The minimum absolute atomic E-state index is 0.109. The number of nitrogens with zero attached hydrogens (tertiary/aromatic N) is 1. The largest absolute Gasteiger partial charge is 0.486 e. The number of nitrogens with one attached hydrogen (secondary N) is 1. The van der Waals surface area contributed by atoms with E-state index in [1.165, 1.54) is 12.1 Å². The lowest BCUT2D eigenvalue weighted by atomic mass is 10.2. The molecule has 2 aromatic carbocycles. The van der Waals surface area contributed by atoms with E-state index in [9.17, 15) is 10.1 Å². The van der Waals surface area contributed by atoms with Crippen molar-refractivity contribution in [2.24, 2.45) is 0 Å². The molecule has 0 bridgehead atoms. The Morgan fingerprint density at radius 3 is 2.43 bits per heavy atom. The van der Waals surface area contributed by atoms with Crippen molar-refractivity contribution in [3.63, 3.8) is 0 Å². The van der Waals surface area contributed by atoms with Gasteiger partial charge in [-0.05, 0) is 24.3 Å². The molecule has 0 aromatic heterocycles. The maximum absolute atomic E-state index is 10.7. The van der Waals surface area contributed by atoms with Crippen molar-refractivity contribution in [3.8, 4) is 11.5 Å². The molecule has 7 heteroatoms. The van der Waals surface area contributed by atoms with Crippen LogP contribution in [-0.4, -0.2) is 18.1 Å². The second-order valence-corrected chi connectivity index (χ2v) is 4.51. The highest BCUT2D eigenvalue weighted by Gasteiger charge is 2.13. The quantitative estimate of drug-likeness (QED) is 0.511. The predicted octanol–water partition coefficient (Wildman–Crippen LogP) is 2.69. The first-order chi connectivity index (χ1) is 10.1. The number of hydrogen-bond donors (Lipinski definition) is 2. The molecule has 0 aliphatic carbocycles. The van der Waals surface area contributed by atoms with Gasteiger partial charge in [-0.3, -0.25) is 10.1 Å². The third-order valence-corrected chi connectivity index (χ3v) is 3.06. The Balaban J connectivity index is 1.83. The number of rotatable bonds is 3. The van der Waals surface area contributed by atoms with Gasteiger partial charge in [-0.25, -0.2) is 0 Å². The van der Waals surface area contributed by atoms with Crippen molar-refractivity contribution in [1.29, 1.82) is 0 Å². The molecule has 1 aliphatic rings. The first kappa shape index (κ1) is 13.0. The van der Waals surface area contributed by atoms with Gasteiger partial charge in [0.25, 0.3) is 5.69 Å². The summed E-state index contributed by atoms with van der Waals surface area (Å²) in [5.41, 5.74) is 7.11. The molecule has 0 amide bonds. The highest BCUT2D eigenvalue weighted by molar-refractivity contribution is 5.71. The minimum atomic E-state index is -0.511. The Kier molecular flexibility index (Phi) is 3.23. The number of fused-ring (bicyclic) bond motifs is 1. The van der Waals surface area contributed by atoms with Gasteiger partial charge in [0.1, 0.15) is 18.9 Å². The third kappa shape index (κ3) is 2.66. The van der Waals surface area contributed by atoms with E-state index in [-0.39, 0.29) is 11.4 Å². The van der Waals surface area contributed by atoms with Gasteiger partial charge in [0.2, 0.25) is 0 Å². The molecule has 3 rings (SSSR count). The van der Waals surface area contributed by atoms with Gasteiger partial charge in [0.05, 0.1) is 4.92 Å². The zero-order valence-electron chi connectivity index (χ0n) is 11.0. The third-order valence-electron chi connectivity index (χ3n) is 3.06. The van der Waals surface area contributed by atoms with Crippen molar-refractivity contribution in [2.75, 3.05) is 24.3 Å². The maximum atomic E-state index is 10.7. The van der Waals surface area contributed by atoms with Gasteiger partial charge in [0, 0.05) is 23.5 Å². The van der Waals surface area contributed by atoms with Crippen LogP contribution in [0.1, 0.15) is 0 Å². The number of ether oxygens (including phenoxy) is 2. The molecular weight excluding hydrogens is 274 g/mol. The Hall–Kier alpha value is -2.96. The first-order valence-electron chi connectivity index (χ1n) is 6.34. The standard InChI is InChI=1S/C14H13N3O4/c15-11-7-9(1-3-12(11)17(18)19)16-10-2-4-13-14(8-10)21-6-5-20-13/h1-4,7-8,16H,5-6,15H2. The van der Waals surface area contributed by atoms with E-state index in [2.05, 4.69) is 5.32 Å². The first-order valence-corrected chi connectivity index (χ1v) is 6.34. The van der Waals surface area contributed by atoms with E-state index in [0.717, 1.165) is 5.69 Å². The zero-order valence-corrected chi connectivity index (χ0v) is 11.0. The van der Waals surface area contributed by atoms with Gasteiger partial charge in [-0.1, -0.05) is 0 Å². The second-order valence-electron chi connectivity index (χ2n) is 4.51. The van der Waals surface area contributed by atoms with Crippen LogP contribution < -0.4 is 20.5 Å². The lowest BCUT2D eigenvalue weighted by molar-refractivity contribution is -0.383. The van der Waals surface area contributed by atoms with E-state index >= 15 is 0 Å². The molecule has 1 aliphatic heterocycles. The normalized spacial score (nSPS) is 12.8. The highest BCUT2D eigenvalue weighted by Crippen LogP contribution is 2.34. The SMILES string of the molecule is Nc1cc(Nc2ccc3c(c2)OCCO3)ccc1[N+](=O)[O-]. The summed E-state index contributed by atoms with van der Waals surface area (Å²) in [6.07, 6.45) is 0. The van der Waals surface area contributed by atoms with Crippen LogP contribution in [0.5, 0.6) is 11.5 Å². The van der Waals surface area contributed by atoms with Gasteiger partial charge < -0.3 is 20.5 Å². The van der Waals surface area contributed by atoms with Crippen LogP contribution in [0.2, 0.25) is 0 Å². The molecule has 3 N–H and O–H groups in total. The van der Waals surface area contributed by atoms with E-state index in [1.54, 1.807) is 6.07 Å².